The number of aliphatic imine (C=N–C) groups is 1. The monoisotopic (exact) mass is 337 g/mol. The number of aromatic amines is 2. The van der Waals surface area contributed by atoms with Crippen LogP contribution in [0.5, 0.6) is 0 Å². The largest absolute Gasteiger partial charge is 0.492 e. The number of hydrogen-bond acceptors (Lipinski definition) is 2. The van der Waals surface area contributed by atoms with E-state index >= 15 is 0 Å². The Balaban J connectivity index is 1.84. The maximum Gasteiger partial charge on any atom is 0.147 e. The third-order valence-corrected chi connectivity index (χ3v) is 4.42. The van der Waals surface area contributed by atoms with Crippen molar-refractivity contribution in [1.82, 2.24) is 9.97 Å². The second kappa shape index (κ2) is 8.06. The molecule has 0 radical (unpaired) electrons. The van der Waals surface area contributed by atoms with Crippen LogP contribution in [-0.2, 0) is 11.2 Å². The van der Waals surface area contributed by atoms with Gasteiger partial charge in [0.2, 0.25) is 0 Å². The van der Waals surface area contributed by atoms with Gasteiger partial charge in [0.05, 0.1) is 18.0 Å². The minimum atomic E-state index is 0.628. The van der Waals surface area contributed by atoms with Gasteiger partial charge in [0, 0.05) is 23.7 Å². The molecule has 4 heteroatoms. The molecule has 0 aromatic carbocycles. The molecule has 1 aliphatic rings. The summed E-state index contributed by atoms with van der Waals surface area (Å²) in [6, 6.07) is 6.24. The lowest BCUT2D eigenvalue weighted by molar-refractivity contribution is 0.239. The number of aromatic nitrogens is 2. The number of ether oxygens (including phenoxy) is 1. The zero-order valence-corrected chi connectivity index (χ0v) is 15.4. The van der Waals surface area contributed by atoms with Crippen molar-refractivity contribution >= 4 is 11.8 Å². The summed E-state index contributed by atoms with van der Waals surface area (Å²) >= 11 is 0. The first-order valence-corrected chi connectivity index (χ1v) is 9.18. The van der Waals surface area contributed by atoms with Crippen LogP contribution in [-0.4, -0.2) is 22.3 Å². The summed E-state index contributed by atoms with van der Waals surface area (Å²) in [5, 5.41) is 0. The predicted octanol–water partition coefficient (Wildman–Crippen LogP) is 5.15. The highest BCUT2D eigenvalue weighted by molar-refractivity contribution is 6.11. The maximum absolute atomic E-state index is 5.78. The summed E-state index contributed by atoms with van der Waals surface area (Å²) in [5.41, 5.74) is 6.51. The van der Waals surface area contributed by atoms with Crippen LogP contribution in [0.15, 0.2) is 46.9 Å². The van der Waals surface area contributed by atoms with Gasteiger partial charge in [-0.3, -0.25) is 0 Å². The molecule has 3 rings (SSSR count). The highest BCUT2D eigenvalue weighted by Gasteiger charge is 2.18. The van der Waals surface area contributed by atoms with Crippen molar-refractivity contribution in [3.8, 4) is 0 Å². The SMILES string of the molecule is CCCCCc1cc(C=C2N=C(c3ccc[nH]3)C=C2OCC)[nH]c1C. The average molecular weight is 337 g/mol. The molecule has 0 amide bonds. The van der Waals surface area contributed by atoms with Gasteiger partial charge in [0.25, 0.3) is 0 Å². The molecule has 1 aliphatic heterocycles. The van der Waals surface area contributed by atoms with Crippen molar-refractivity contribution in [2.24, 2.45) is 4.99 Å². The summed E-state index contributed by atoms with van der Waals surface area (Å²) < 4.78 is 5.78. The number of nitrogens with zero attached hydrogens (tertiary/aromatic N) is 1. The smallest absolute Gasteiger partial charge is 0.147 e. The summed E-state index contributed by atoms with van der Waals surface area (Å²) in [4.78, 5) is 11.4. The first-order chi connectivity index (χ1) is 12.2. The van der Waals surface area contributed by atoms with Crippen LogP contribution in [0.4, 0.5) is 0 Å². The molecule has 3 heterocycles. The fraction of sp³-hybridized carbons (Fsp3) is 0.381. The summed E-state index contributed by atoms with van der Waals surface area (Å²) in [5.74, 6) is 0.826. The lowest BCUT2D eigenvalue weighted by atomic mass is 10.1. The Morgan fingerprint density at radius 2 is 2.12 bits per heavy atom. The van der Waals surface area contributed by atoms with Gasteiger partial charge < -0.3 is 14.7 Å². The lowest BCUT2D eigenvalue weighted by Gasteiger charge is -2.03. The normalized spacial score (nSPS) is 15.6. The van der Waals surface area contributed by atoms with Crippen LogP contribution in [0.3, 0.4) is 0 Å². The van der Waals surface area contributed by atoms with Crippen molar-refractivity contribution in [2.75, 3.05) is 6.61 Å². The molecule has 132 valence electrons. The molecular weight excluding hydrogens is 310 g/mol. The van der Waals surface area contributed by atoms with E-state index in [-0.39, 0.29) is 0 Å². The number of rotatable bonds is 8. The van der Waals surface area contributed by atoms with Gasteiger partial charge >= 0.3 is 0 Å². The molecule has 25 heavy (non-hydrogen) atoms. The Hall–Kier alpha value is -2.49. The molecule has 0 spiro atoms. The Bertz CT molecular complexity index is 791. The number of unbranched alkanes of at least 4 members (excludes halogenated alkanes) is 2. The van der Waals surface area contributed by atoms with Crippen LogP contribution < -0.4 is 0 Å². The number of allylic oxidation sites excluding steroid dienone is 1. The maximum atomic E-state index is 5.78. The number of H-pyrrole nitrogens is 2. The predicted molar refractivity (Wildman–Crippen MR) is 104 cm³/mol. The van der Waals surface area contributed by atoms with E-state index in [0.29, 0.717) is 6.61 Å². The molecule has 0 unspecified atom stereocenters. The van der Waals surface area contributed by atoms with E-state index in [1.165, 1.54) is 30.5 Å². The lowest BCUT2D eigenvalue weighted by Crippen LogP contribution is -1.94. The van der Waals surface area contributed by atoms with Crippen LogP contribution in [0.25, 0.3) is 6.08 Å². The number of hydrogen-bond donors (Lipinski definition) is 2. The molecule has 0 bridgehead atoms. The van der Waals surface area contributed by atoms with Gasteiger partial charge in [-0.2, -0.15) is 0 Å². The Morgan fingerprint density at radius 1 is 1.24 bits per heavy atom. The summed E-state index contributed by atoms with van der Waals surface area (Å²) in [6.45, 7) is 7.00. The standard InChI is InChI=1S/C21H27N3O/c1-4-6-7-9-16-12-17(23-15(16)3)13-20-21(25-5-2)14-19(24-20)18-10-8-11-22-18/h8,10-14,22-23H,4-7,9H2,1-3H3. The molecule has 0 aliphatic carbocycles. The summed E-state index contributed by atoms with van der Waals surface area (Å²) in [7, 11) is 0. The second-order valence-electron chi connectivity index (χ2n) is 6.38. The van der Waals surface area contributed by atoms with Crippen molar-refractivity contribution in [3.63, 3.8) is 0 Å². The molecule has 2 aromatic heterocycles. The minimum Gasteiger partial charge on any atom is -0.492 e. The molecule has 0 atom stereocenters. The van der Waals surface area contributed by atoms with E-state index in [4.69, 9.17) is 9.73 Å². The van der Waals surface area contributed by atoms with Crippen LogP contribution in [0.2, 0.25) is 0 Å². The van der Waals surface area contributed by atoms with Gasteiger partial charge in [-0.15, -0.1) is 0 Å². The Labute approximate surface area is 149 Å². The molecule has 2 N–H and O–H groups in total. The van der Waals surface area contributed by atoms with E-state index in [9.17, 15) is 0 Å². The molecule has 0 saturated carbocycles. The van der Waals surface area contributed by atoms with Gasteiger partial charge in [-0.25, -0.2) is 4.99 Å². The van der Waals surface area contributed by atoms with Crippen molar-refractivity contribution in [1.29, 1.82) is 0 Å². The van der Waals surface area contributed by atoms with E-state index in [1.54, 1.807) is 0 Å². The topological polar surface area (TPSA) is 53.2 Å². The van der Waals surface area contributed by atoms with Crippen molar-refractivity contribution in [3.05, 3.63) is 64.6 Å². The number of aryl methyl sites for hydroxylation is 2. The highest BCUT2D eigenvalue weighted by atomic mass is 16.5. The Morgan fingerprint density at radius 3 is 2.84 bits per heavy atom. The first-order valence-electron chi connectivity index (χ1n) is 9.18. The average Bonchev–Trinajstić information content (AvgIpc) is 3.30. The van der Waals surface area contributed by atoms with Gasteiger partial charge in [0.15, 0.2) is 0 Å². The van der Waals surface area contributed by atoms with E-state index in [0.717, 1.165) is 35.0 Å². The van der Waals surface area contributed by atoms with Gasteiger partial charge in [-0.05, 0) is 56.5 Å². The molecule has 0 saturated heterocycles. The van der Waals surface area contributed by atoms with E-state index in [2.05, 4.69) is 36.0 Å². The second-order valence-corrected chi connectivity index (χ2v) is 6.38. The van der Waals surface area contributed by atoms with Gasteiger partial charge in [-0.1, -0.05) is 19.8 Å². The van der Waals surface area contributed by atoms with Crippen LogP contribution in [0.1, 0.15) is 55.8 Å². The van der Waals surface area contributed by atoms with Gasteiger partial charge in [0.1, 0.15) is 11.5 Å². The zero-order valence-electron chi connectivity index (χ0n) is 15.4. The highest BCUT2D eigenvalue weighted by Crippen LogP contribution is 2.26. The third kappa shape index (κ3) is 4.13. The molecule has 4 nitrogen and oxygen atoms in total. The van der Waals surface area contributed by atoms with E-state index in [1.807, 2.05) is 31.3 Å². The quantitative estimate of drug-likeness (QED) is 0.643. The zero-order chi connectivity index (χ0) is 17.6. The van der Waals surface area contributed by atoms with Crippen LogP contribution >= 0.6 is 0 Å². The van der Waals surface area contributed by atoms with E-state index < -0.39 is 0 Å². The number of nitrogens with one attached hydrogen (secondary N) is 2. The van der Waals surface area contributed by atoms with Crippen LogP contribution in [0, 0.1) is 6.92 Å². The fourth-order valence-corrected chi connectivity index (χ4v) is 3.10. The van der Waals surface area contributed by atoms with Crippen molar-refractivity contribution in [2.45, 2.75) is 46.5 Å². The van der Waals surface area contributed by atoms with Crippen molar-refractivity contribution < 1.29 is 4.74 Å². The molecule has 2 aromatic rings. The fourth-order valence-electron chi connectivity index (χ4n) is 3.10. The third-order valence-electron chi connectivity index (χ3n) is 4.42. The Kier molecular flexibility index (Phi) is 5.59. The minimum absolute atomic E-state index is 0.628. The molecule has 0 fully saturated rings. The first kappa shape index (κ1) is 17.3. The summed E-state index contributed by atoms with van der Waals surface area (Å²) in [6.07, 6.45) is 10.9. The molecular formula is C21H27N3O.